The summed E-state index contributed by atoms with van der Waals surface area (Å²) >= 11 is 0. The van der Waals surface area contributed by atoms with Crippen LogP contribution >= 0.6 is 0 Å². The van der Waals surface area contributed by atoms with Crippen molar-refractivity contribution >= 4 is 17.5 Å². The Bertz CT molecular complexity index is 996. The molecule has 9 heteroatoms. The second-order valence-electron chi connectivity index (χ2n) is 7.72. The normalized spacial score (nSPS) is 22.5. The molecule has 3 rings (SSSR count). The van der Waals surface area contributed by atoms with E-state index < -0.39 is 41.1 Å². The number of ether oxygens (including phenoxy) is 2. The van der Waals surface area contributed by atoms with Gasteiger partial charge in [0.05, 0.1) is 12.7 Å². The van der Waals surface area contributed by atoms with Gasteiger partial charge in [-0.1, -0.05) is 13.0 Å². The van der Waals surface area contributed by atoms with Crippen LogP contribution in [0.4, 0.5) is 14.5 Å². The van der Waals surface area contributed by atoms with Crippen molar-refractivity contribution in [3.8, 4) is 5.75 Å². The number of carbonyl (C=O) groups excluding carboxylic acids is 2. The second kappa shape index (κ2) is 7.98. The van der Waals surface area contributed by atoms with Crippen LogP contribution in [0, 0.1) is 17.6 Å². The topological polar surface area (TPSA) is 104 Å². The fourth-order valence-corrected chi connectivity index (χ4v) is 3.72. The lowest BCUT2D eigenvalue weighted by molar-refractivity contribution is -0.131. The van der Waals surface area contributed by atoms with Crippen molar-refractivity contribution in [1.82, 2.24) is 4.98 Å². The molecule has 3 N–H and O–H groups in total. The summed E-state index contributed by atoms with van der Waals surface area (Å²) in [7, 11) is 1.24. The van der Waals surface area contributed by atoms with Crippen LogP contribution in [0.1, 0.15) is 42.7 Å². The summed E-state index contributed by atoms with van der Waals surface area (Å²) in [4.78, 5) is 28.2. The van der Waals surface area contributed by atoms with Crippen molar-refractivity contribution in [3.63, 3.8) is 0 Å². The van der Waals surface area contributed by atoms with Crippen molar-refractivity contribution in [3.05, 3.63) is 53.4 Å². The Morgan fingerprint density at radius 2 is 1.97 bits per heavy atom. The lowest BCUT2D eigenvalue weighted by atomic mass is 9.78. The number of halogens is 2. The molecule has 1 aliphatic rings. The molecule has 1 saturated heterocycles. The highest BCUT2D eigenvalue weighted by atomic mass is 19.2. The predicted molar refractivity (Wildman–Crippen MR) is 105 cm³/mol. The van der Waals surface area contributed by atoms with E-state index in [0.29, 0.717) is 11.3 Å². The number of pyridine rings is 1. The fourth-order valence-electron chi connectivity index (χ4n) is 3.72. The Kier molecular flexibility index (Phi) is 5.76. The molecule has 2 heterocycles. The van der Waals surface area contributed by atoms with Gasteiger partial charge in [-0.15, -0.1) is 0 Å². The Labute approximate surface area is 172 Å². The van der Waals surface area contributed by atoms with Crippen LogP contribution in [0.5, 0.6) is 5.75 Å². The first-order valence-corrected chi connectivity index (χ1v) is 9.33. The molecule has 0 bridgehead atoms. The largest absolute Gasteiger partial charge is 0.493 e. The fraction of sp³-hybridized carbons (Fsp3) is 0.381. The molecule has 30 heavy (non-hydrogen) atoms. The van der Waals surface area contributed by atoms with Gasteiger partial charge in [-0.05, 0) is 38.0 Å². The Balaban J connectivity index is 1.98. The SMILES string of the molecule is COc1c([C@H]2C(C(=O)Nc3ccnc(C(N)=O)c3)OC(C)(C)C2C)ccc(F)c1F. The first kappa shape index (κ1) is 21.6. The summed E-state index contributed by atoms with van der Waals surface area (Å²) in [6.07, 6.45) is 0.326. The third-order valence-electron chi connectivity index (χ3n) is 5.57. The Morgan fingerprint density at radius 3 is 2.60 bits per heavy atom. The number of anilines is 1. The maximum Gasteiger partial charge on any atom is 0.267 e. The number of rotatable bonds is 5. The van der Waals surface area contributed by atoms with E-state index in [1.807, 2.05) is 20.8 Å². The van der Waals surface area contributed by atoms with E-state index in [-0.39, 0.29) is 17.4 Å². The number of nitrogens with one attached hydrogen (secondary N) is 1. The van der Waals surface area contributed by atoms with Gasteiger partial charge in [0, 0.05) is 23.4 Å². The first-order valence-electron chi connectivity index (χ1n) is 9.33. The van der Waals surface area contributed by atoms with Crippen LogP contribution in [0.25, 0.3) is 0 Å². The first-order chi connectivity index (χ1) is 14.1. The molecule has 0 radical (unpaired) electrons. The summed E-state index contributed by atoms with van der Waals surface area (Å²) in [6, 6.07) is 5.25. The highest BCUT2D eigenvalue weighted by molar-refractivity contribution is 5.97. The van der Waals surface area contributed by atoms with Gasteiger partial charge in [0.15, 0.2) is 11.6 Å². The van der Waals surface area contributed by atoms with Crippen LogP contribution in [0.15, 0.2) is 30.5 Å². The van der Waals surface area contributed by atoms with Gasteiger partial charge in [-0.3, -0.25) is 14.6 Å². The third kappa shape index (κ3) is 3.85. The summed E-state index contributed by atoms with van der Waals surface area (Å²) in [6.45, 7) is 5.51. The van der Waals surface area contributed by atoms with Crippen molar-refractivity contribution in [1.29, 1.82) is 0 Å². The number of methoxy groups -OCH3 is 1. The molecule has 160 valence electrons. The van der Waals surface area contributed by atoms with Crippen LogP contribution in [-0.4, -0.2) is 35.6 Å². The highest BCUT2D eigenvalue weighted by Crippen LogP contribution is 2.49. The molecule has 1 aliphatic heterocycles. The van der Waals surface area contributed by atoms with Crippen LogP contribution in [0.2, 0.25) is 0 Å². The molecule has 2 aromatic rings. The highest BCUT2D eigenvalue weighted by Gasteiger charge is 2.51. The zero-order valence-corrected chi connectivity index (χ0v) is 17.0. The number of nitrogens with two attached hydrogens (primary N) is 1. The maximum absolute atomic E-state index is 14.3. The molecule has 0 saturated carbocycles. The molecular formula is C21H23F2N3O4. The lowest BCUT2D eigenvalue weighted by Crippen LogP contribution is -2.33. The molecule has 1 aromatic carbocycles. The van der Waals surface area contributed by atoms with Gasteiger partial charge in [-0.25, -0.2) is 4.39 Å². The molecular weight excluding hydrogens is 396 g/mol. The maximum atomic E-state index is 14.3. The smallest absolute Gasteiger partial charge is 0.267 e. The second-order valence-corrected chi connectivity index (χ2v) is 7.72. The number of hydrogen-bond acceptors (Lipinski definition) is 5. The lowest BCUT2D eigenvalue weighted by Gasteiger charge is -2.25. The molecule has 1 fully saturated rings. The predicted octanol–water partition coefficient (Wildman–Crippen LogP) is 3.00. The van der Waals surface area contributed by atoms with Crippen molar-refractivity contribution in [2.75, 3.05) is 12.4 Å². The molecule has 0 spiro atoms. The van der Waals surface area contributed by atoms with Crippen LogP contribution in [0.3, 0.4) is 0 Å². The molecule has 1 aromatic heterocycles. The Morgan fingerprint density at radius 1 is 1.27 bits per heavy atom. The number of aromatic nitrogens is 1. The summed E-state index contributed by atoms with van der Waals surface area (Å²) in [5.41, 5.74) is 5.14. The van der Waals surface area contributed by atoms with E-state index in [4.69, 9.17) is 15.2 Å². The number of hydrogen-bond donors (Lipinski definition) is 2. The van der Waals surface area contributed by atoms with Gasteiger partial charge in [0.25, 0.3) is 11.8 Å². The van der Waals surface area contributed by atoms with E-state index in [1.165, 1.54) is 31.5 Å². The van der Waals surface area contributed by atoms with E-state index >= 15 is 0 Å². The molecule has 0 aliphatic carbocycles. The molecule has 2 unspecified atom stereocenters. The summed E-state index contributed by atoms with van der Waals surface area (Å²) < 4.78 is 39.2. The zero-order valence-electron chi connectivity index (χ0n) is 17.0. The van der Waals surface area contributed by atoms with Gasteiger partial charge in [0.2, 0.25) is 5.82 Å². The van der Waals surface area contributed by atoms with E-state index in [0.717, 1.165) is 6.07 Å². The number of amides is 2. The van der Waals surface area contributed by atoms with Crippen LogP contribution < -0.4 is 15.8 Å². The van der Waals surface area contributed by atoms with Crippen molar-refractivity contribution in [2.24, 2.45) is 11.7 Å². The van der Waals surface area contributed by atoms with Crippen molar-refractivity contribution in [2.45, 2.75) is 38.4 Å². The van der Waals surface area contributed by atoms with E-state index in [2.05, 4.69) is 10.3 Å². The van der Waals surface area contributed by atoms with Gasteiger partial charge in [0.1, 0.15) is 11.8 Å². The minimum Gasteiger partial charge on any atom is -0.493 e. The van der Waals surface area contributed by atoms with Gasteiger partial charge in [-0.2, -0.15) is 4.39 Å². The molecule has 7 nitrogen and oxygen atoms in total. The Hall–Kier alpha value is -3.07. The van der Waals surface area contributed by atoms with E-state index in [1.54, 1.807) is 0 Å². The summed E-state index contributed by atoms with van der Waals surface area (Å²) in [5.74, 6) is -4.50. The quantitative estimate of drug-likeness (QED) is 0.776. The minimum absolute atomic E-state index is 0.00679. The average Bonchev–Trinajstić information content (AvgIpc) is 2.93. The van der Waals surface area contributed by atoms with Crippen molar-refractivity contribution < 1.29 is 27.8 Å². The standard InChI is InChI=1S/C21H23F2N3O4/c1-10-15(12-5-6-13(22)16(23)17(12)29-4)18(30-21(10,2)3)20(28)26-11-7-8-25-14(9-11)19(24)27/h5-10,15,18H,1-4H3,(H2,24,27)(H,25,26,28)/t10?,15-,18?/m0/s1. The molecule has 3 atom stereocenters. The number of primary amides is 1. The monoisotopic (exact) mass is 419 g/mol. The third-order valence-corrected chi connectivity index (χ3v) is 5.57. The molecule has 2 amide bonds. The number of nitrogens with zero attached hydrogens (tertiary/aromatic N) is 1. The number of benzene rings is 1. The number of carbonyl (C=O) groups is 2. The van der Waals surface area contributed by atoms with Crippen LogP contribution in [-0.2, 0) is 9.53 Å². The summed E-state index contributed by atoms with van der Waals surface area (Å²) in [5, 5.41) is 2.68. The van der Waals surface area contributed by atoms with Gasteiger partial charge >= 0.3 is 0 Å². The average molecular weight is 419 g/mol. The van der Waals surface area contributed by atoms with E-state index in [9.17, 15) is 18.4 Å². The zero-order chi connectivity index (χ0) is 22.2. The van der Waals surface area contributed by atoms with Gasteiger partial charge < -0.3 is 20.5 Å². The minimum atomic E-state index is -1.12.